The maximum Gasteiger partial charge on any atom is 0.253 e. The fraction of sp³-hybridized carbons (Fsp3) is 0.286. The molecular weight excluding hydrogens is 228 g/mol. The van der Waals surface area contributed by atoms with Gasteiger partial charge in [-0.1, -0.05) is 18.2 Å². The van der Waals surface area contributed by atoms with Crippen LogP contribution in [0.15, 0.2) is 36.5 Å². The molecule has 0 aliphatic carbocycles. The van der Waals surface area contributed by atoms with Crippen molar-refractivity contribution in [3.8, 4) is 0 Å². The maximum absolute atomic E-state index is 11.9. The van der Waals surface area contributed by atoms with E-state index in [9.17, 15) is 4.79 Å². The van der Waals surface area contributed by atoms with Gasteiger partial charge in [0.25, 0.3) is 5.91 Å². The van der Waals surface area contributed by atoms with Crippen molar-refractivity contribution in [2.75, 3.05) is 11.9 Å². The van der Waals surface area contributed by atoms with Crippen LogP contribution in [0.3, 0.4) is 0 Å². The van der Waals surface area contributed by atoms with E-state index in [2.05, 4.69) is 10.3 Å². The molecule has 1 atom stereocenters. The third-order valence-electron chi connectivity index (χ3n) is 3.08. The van der Waals surface area contributed by atoms with Gasteiger partial charge in [0.15, 0.2) is 0 Å². The number of nitrogens with zero attached hydrogens (tertiary/aromatic N) is 1. The molecule has 1 aromatic heterocycles. The molecule has 1 fully saturated rings. The molecule has 1 amide bonds. The van der Waals surface area contributed by atoms with Crippen LogP contribution in [0.25, 0.3) is 10.9 Å². The number of pyridine rings is 1. The number of para-hydroxylation sites is 1. The summed E-state index contributed by atoms with van der Waals surface area (Å²) < 4.78 is 5.34. The van der Waals surface area contributed by atoms with E-state index in [-0.39, 0.29) is 12.0 Å². The van der Waals surface area contributed by atoms with Crippen molar-refractivity contribution in [2.45, 2.75) is 18.9 Å². The lowest BCUT2D eigenvalue weighted by atomic mass is 10.2. The van der Waals surface area contributed by atoms with Crippen molar-refractivity contribution >= 4 is 22.5 Å². The second kappa shape index (κ2) is 4.74. The largest absolute Gasteiger partial charge is 0.368 e. The molecule has 0 spiro atoms. The van der Waals surface area contributed by atoms with Crippen molar-refractivity contribution in [2.24, 2.45) is 0 Å². The molecule has 1 aliphatic rings. The molecule has 3 rings (SSSR count). The van der Waals surface area contributed by atoms with Crippen LogP contribution in [0.1, 0.15) is 12.8 Å². The summed E-state index contributed by atoms with van der Waals surface area (Å²) in [7, 11) is 0. The molecule has 18 heavy (non-hydrogen) atoms. The van der Waals surface area contributed by atoms with Crippen molar-refractivity contribution < 1.29 is 9.53 Å². The Morgan fingerprint density at radius 3 is 3.11 bits per heavy atom. The average molecular weight is 242 g/mol. The highest BCUT2D eigenvalue weighted by molar-refractivity contribution is 5.95. The van der Waals surface area contributed by atoms with Gasteiger partial charge in [-0.2, -0.15) is 0 Å². The van der Waals surface area contributed by atoms with Crippen LogP contribution < -0.4 is 5.32 Å². The fourth-order valence-corrected chi connectivity index (χ4v) is 2.15. The van der Waals surface area contributed by atoms with E-state index in [1.54, 1.807) is 6.20 Å². The summed E-state index contributed by atoms with van der Waals surface area (Å²) in [6, 6.07) is 9.75. The Hall–Kier alpha value is -1.94. The molecule has 4 heteroatoms. The number of nitrogens with one attached hydrogen (secondary N) is 1. The van der Waals surface area contributed by atoms with Gasteiger partial charge in [-0.15, -0.1) is 0 Å². The Kier molecular flexibility index (Phi) is 2.94. The van der Waals surface area contributed by atoms with E-state index >= 15 is 0 Å². The van der Waals surface area contributed by atoms with Gasteiger partial charge in [0.2, 0.25) is 0 Å². The van der Waals surface area contributed by atoms with E-state index in [0.29, 0.717) is 12.3 Å². The number of hydrogen-bond acceptors (Lipinski definition) is 3. The minimum atomic E-state index is -0.309. The smallest absolute Gasteiger partial charge is 0.253 e. The standard InChI is InChI=1S/C14H14N2O2/c17-14(13-6-3-7-18-13)16-11-8-10-4-1-2-5-12(10)15-9-11/h1-2,4-5,8-9,13H,3,6-7H2,(H,16,17)/t13-/m0/s1. The quantitative estimate of drug-likeness (QED) is 0.879. The molecule has 1 aromatic carbocycles. The van der Waals surface area contributed by atoms with Gasteiger partial charge in [-0.05, 0) is 25.0 Å². The number of ether oxygens (including phenoxy) is 1. The molecule has 2 heterocycles. The second-order valence-electron chi connectivity index (χ2n) is 4.41. The third-order valence-corrected chi connectivity index (χ3v) is 3.08. The summed E-state index contributed by atoms with van der Waals surface area (Å²) in [5, 5.41) is 3.87. The lowest BCUT2D eigenvalue weighted by Gasteiger charge is -2.10. The van der Waals surface area contributed by atoms with Crippen LogP contribution in [0.2, 0.25) is 0 Å². The Labute approximate surface area is 105 Å². The summed E-state index contributed by atoms with van der Waals surface area (Å²) in [5.74, 6) is -0.0791. The van der Waals surface area contributed by atoms with E-state index in [4.69, 9.17) is 4.74 Å². The number of carbonyl (C=O) groups is 1. The van der Waals surface area contributed by atoms with E-state index in [1.807, 2.05) is 30.3 Å². The van der Waals surface area contributed by atoms with Gasteiger partial charge in [0.05, 0.1) is 17.4 Å². The van der Waals surface area contributed by atoms with Gasteiger partial charge in [0.1, 0.15) is 6.10 Å². The number of hydrogen-bond donors (Lipinski definition) is 1. The normalized spacial score (nSPS) is 19.0. The lowest BCUT2D eigenvalue weighted by Crippen LogP contribution is -2.26. The van der Waals surface area contributed by atoms with Crippen molar-refractivity contribution in [3.63, 3.8) is 0 Å². The van der Waals surface area contributed by atoms with Crippen LogP contribution in [-0.4, -0.2) is 23.6 Å². The zero-order chi connectivity index (χ0) is 12.4. The number of anilines is 1. The van der Waals surface area contributed by atoms with Gasteiger partial charge in [-0.25, -0.2) is 0 Å². The van der Waals surface area contributed by atoms with Crippen LogP contribution in [0, 0.1) is 0 Å². The molecule has 0 bridgehead atoms. The van der Waals surface area contributed by atoms with E-state index in [0.717, 1.165) is 23.7 Å². The number of aromatic nitrogens is 1. The monoisotopic (exact) mass is 242 g/mol. The van der Waals surface area contributed by atoms with Crippen LogP contribution in [0.4, 0.5) is 5.69 Å². The first kappa shape index (κ1) is 11.2. The highest BCUT2D eigenvalue weighted by Gasteiger charge is 2.23. The fourth-order valence-electron chi connectivity index (χ4n) is 2.15. The molecule has 0 saturated carbocycles. The summed E-state index contributed by atoms with van der Waals surface area (Å²) in [5.41, 5.74) is 1.64. The summed E-state index contributed by atoms with van der Waals surface area (Å²) in [6.45, 7) is 0.675. The van der Waals surface area contributed by atoms with Gasteiger partial charge in [0, 0.05) is 12.0 Å². The Morgan fingerprint density at radius 1 is 1.39 bits per heavy atom. The second-order valence-corrected chi connectivity index (χ2v) is 4.41. The van der Waals surface area contributed by atoms with Gasteiger partial charge >= 0.3 is 0 Å². The predicted molar refractivity (Wildman–Crippen MR) is 69.3 cm³/mol. The number of rotatable bonds is 2. The highest BCUT2D eigenvalue weighted by Crippen LogP contribution is 2.18. The molecule has 1 N–H and O–H groups in total. The first-order valence-electron chi connectivity index (χ1n) is 6.10. The number of fused-ring (bicyclic) bond motifs is 1. The SMILES string of the molecule is O=C(Nc1cnc2ccccc2c1)[C@@H]1CCCO1. The molecule has 4 nitrogen and oxygen atoms in total. The molecule has 92 valence electrons. The molecule has 1 aliphatic heterocycles. The Balaban J connectivity index is 1.79. The van der Waals surface area contributed by atoms with Gasteiger partial charge < -0.3 is 10.1 Å². The number of amides is 1. The Bertz CT molecular complexity index is 577. The first-order valence-corrected chi connectivity index (χ1v) is 6.10. The highest BCUT2D eigenvalue weighted by atomic mass is 16.5. The third kappa shape index (κ3) is 2.19. The van der Waals surface area contributed by atoms with Crippen molar-refractivity contribution in [1.29, 1.82) is 0 Å². The molecule has 2 aromatic rings. The maximum atomic E-state index is 11.9. The zero-order valence-corrected chi connectivity index (χ0v) is 9.93. The molecule has 0 unspecified atom stereocenters. The molecular formula is C14H14N2O2. The van der Waals surface area contributed by atoms with Crippen LogP contribution in [0.5, 0.6) is 0 Å². The average Bonchev–Trinajstić information content (AvgIpc) is 2.92. The first-order chi connectivity index (χ1) is 8.83. The van der Waals surface area contributed by atoms with E-state index in [1.165, 1.54) is 0 Å². The number of carbonyl (C=O) groups excluding carboxylic acids is 1. The minimum absolute atomic E-state index is 0.0791. The van der Waals surface area contributed by atoms with Crippen molar-refractivity contribution in [3.05, 3.63) is 36.5 Å². The van der Waals surface area contributed by atoms with Crippen LogP contribution >= 0.6 is 0 Å². The summed E-state index contributed by atoms with van der Waals surface area (Å²) in [4.78, 5) is 16.2. The predicted octanol–water partition coefficient (Wildman–Crippen LogP) is 2.35. The number of benzene rings is 1. The topological polar surface area (TPSA) is 51.2 Å². The minimum Gasteiger partial charge on any atom is -0.368 e. The molecule has 1 saturated heterocycles. The zero-order valence-electron chi connectivity index (χ0n) is 9.93. The lowest BCUT2D eigenvalue weighted by molar-refractivity contribution is -0.124. The summed E-state index contributed by atoms with van der Waals surface area (Å²) in [6.07, 6.45) is 3.12. The Morgan fingerprint density at radius 2 is 2.28 bits per heavy atom. The summed E-state index contributed by atoms with van der Waals surface area (Å²) >= 11 is 0. The van der Waals surface area contributed by atoms with Gasteiger partial charge in [-0.3, -0.25) is 9.78 Å². The van der Waals surface area contributed by atoms with E-state index < -0.39 is 0 Å². The molecule has 0 radical (unpaired) electrons. The van der Waals surface area contributed by atoms with Crippen LogP contribution in [-0.2, 0) is 9.53 Å². The van der Waals surface area contributed by atoms with Crippen molar-refractivity contribution in [1.82, 2.24) is 4.98 Å².